The average Bonchev–Trinajstić information content (AvgIpc) is 3.76. The summed E-state index contributed by atoms with van der Waals surface area (Å²) in [6.45, 7) is 5.91. The molecule has 1 aliphatic heterocycles. The molecule has 2 fully saturated rings. The van der Waals surface area contributed by atoms with Crippen molar-refractivity contribution in [2.75, 3.05) is 11.9 Å². The third-order valence-corrected chi connectivity index (χ3v) is 8.52. The van der Waals surface area contributed by atoms with Gasteiger partial charge in [0.1, 0.15) is 11.9 Å². The summed E-state index contributed by atoms with van der Waals surface area (Å²) in [5.74, 6) is -0.941. The number of anilines is 1. The first-order valence-electron chi connectivity index (χ1n) is 15.0. The topological polar surface area (TPSA) is 91.8 Å². The maximum atomic E-state index is 13.6. The standard InChI is InChI=1S/C33H33F6N3O4/c1-4-10-40-28-9-8-23(24-13-19(7-6-18(24)5-2)25-15-26(25)30(43)44)27(41-28)16-42-17(3)29(46-31(42)45)20-11-21(32(34,35)36)14-22(12-20)33(37,38)39/h6-9,11-14,17,25-26,29H,4-5,10,15-16H2,1-3H3,(H,40,41)(H,43,44)/t17-,25-,26+,29-/m0/s1. The van der Waals surface area contributed by atoms with Crippen molar-refractivity contribution in [3.05, 3.63) is 82.0 Å². The van der Waals surface area contributed by atoms with Crippen LogP contribution in [0, 0.1) is 5.92 Å². The number of carboxylic acids is 1. The molecule has 7 nitrogen and oxygen atoms in total. The van der Waals surface area contributed by atoms with E-state index in [-0.39, 0.29) is 18.5 Å². The molecule has 46 heavy (non-hydrogen) atoms. The molecular formula is C33H33F6N3O4. The first kappa shape index (κ1) is 33.1. The van der Waals surface area contributed by atoms with Crippen LogP contribution in [0.1, 0.15) is 79.1 Å². The van der Waals surface area contributed by atoms with Crippen molar-refractivity contribution in [1.29, 1.82) is 0 Å². The zero-order valence-corrected chi connectivity index (χ0v) is 25.3. The van der Waals surface area contributed by atoms with Gasteiger partial charge in [0.25, 0.3) is 0 Å². The largest absolute Gasteiger partial charge is 0.481 e. The van der Waals surface area contributed by atoms with E-state index in [0.717, 1.165) is 23.1 Å². The first-order valence-corrected chi connectivity index (χ1v) is 15.0. The van der Waals surface area contributed by atoms with Crippen LogP contribution in [-0.2, 0) is 34.8 Å². The summed E-state index contributed by atoms with van der Waals surface area (Å²) in [7, 11) is 0. The Morgan fingerprint density at radius 2 is 1.65 bits per heavy atom. The highest BCUT2D eigenvalue weighted by atomic mass is 19.4. The Hall–Kier alpha value is -4.29. The molecule has 1 aliphatic carbocycles. The number of cyclic esters (lactones) is 1. The van der Waals surface area contributed by atoms with Gasteiger partial charge in [-0.25, -0.2) is 9.78 Å². The quantitative estimate of drug-likeness (QED) is 0.214. The lowest BCUT2D eigenvalue weighted by Crippen LogP contribution is -2.32. The fraction of sp³-hybridized carbons (Fsp3) is 0.424. The summed E-state index contributed by atoms with van der Waals surface area (Å²) in [4.78, 5) is 30.7. The third kappa shape index (κ3) is 6.78. The summed E-state index contributed by atoms with van der Waals surface area (Å²) in [6.07, 6.45) is -10.4. The zero-order chi connectivity index (χ0) is 33.6. The highest BCUT2D eigenvalue weighted by Crippen LogP contribution is 2.49. The van der Waals surface area contributed by atoms with Gasteiger partial charge in [-0.2, -0.15) is 26.3 Å². The van der Waals surface area contributed by atoms with Crippen LogP contribution in [0.2, 0.25) is 0 Å². The summed E-state index contributed by atoms with van der Waals surface area (Å²) in [6, 6.07) is 9.65. The second-order valence-corrected chi connectivity index (χ2v) is 11.7. The van der Waals surface area contributed by atoms with Crippen molar-refractivity contribution < 1.29 is 45.8 Å². The van der Waals surface area contributed by atoms with Gasteiger partial charge in [-0.3, -0.25) is 9.69 Å². The van der Waals surface area contributed by atoms with Gasteiger partial charge in [0.2, 0.25) is 0 Å². The number of amides is 1. The Labute approximate surface area is 261 Å². The Morgan fingerprint density at radius 1 is 0.978 bits per heavy atom. The number of halogens is 6. The van der Waals surface area contributed by atoms with E-state index in [9.17, 15) is 41.0 Å². The second kappa shape index (κ2) is 12.5. The molecule has 2 aromatic carbocycles. The number of hydrogen-bond acceptors (Lipinski definition) is 5. The van der Waals surface area contributed by atoms with Crippen molar-refractivity contribution in [1.82, 2.24) is 9.88 Å². The first-order chi connectivity index (χ1) is 21.6. The lowest BCUT2D eigenvalue weighted by molar-refractivity contribution is -0.143. The fourth-order valence-corrected chi connectivity index (χ4v) is 5.90. The average molecular weight is 650 g/mol. The highest BCUT2D eigenvalue weighted by molar-refractivity contribution is 5.77. The van der Waals surface area contributed by atoms with E-state index < -0.39 is 59.2 Å². The molecule has 0 radical (unpaired) electrons. The number of ether oxygens (including phenoxy) is 1. The number of carbonyl (C=O) groups is 2. The zero-order valence-electron chi connectivity index (χ0n) is 25.3. The van der Waals surface area contributed by atoms with Crippen LogP contribution in [0.25, 0.3) is 11.1 Å². The van der Waals surface area contributed by atoms with Gasteiger partial charge in [-0.15, -0.1) is 0 Å². The van der Waals surface area contributed by atoms with Gasteiger partial charge in [-0.05, 0) is 84.7 Å². The lowest BCUT2D eigenvalue weighted by Gasteiger charge is -2.24. The fourth-order valence-electron chi connectivity index (χ4n) is 5.90. The predicted molar refractivity (Wildman–Crippen MR) is 157 cm³/mol. The minimum atomic E-state index is -5.05. The molecule has 0 spiro atoms. The number of pyridine rings is 1. The van der Waals surface area contributed by atoms with Gasteiger partial charge in [0.05, 0.1) is 35.3 Å². The van der Waals surface area contributed by atoms with Crippen LogP contribution in [-0.4, -0.2) is 39.6 Å². The Balaban J connectivity index is 1.53. The van der Waals surface area contributed by atoms with E-state index in [2.05, 4.69) is 5.32 Å². The van der Waals surface area contributed by atoms with Crippen molar-refractivity contribution in [3.8, 4) is 11.1 Å². The number of alkyl halides is 6. The van der Waals surface area contributed by atoms with E-state index in [1.165, 1.54) is 11.8 Å². The van der Waals surface area contributed by atoms with Crippen LogP contribution in [0.4, 0.5) is 37.0 Å². The number of nitrogens with zero attached hydrogens (tertiary/aromatic N) is 2. The monoisotopic (exact) mass is 649 g/mol. The van der Waals surface area contributed by atoms with Crippen LogP contribution in [0.3, 0.4) is 0 Å². The number of carbonyl (C=O) groups excluding carboxylic acids is 1. The highest BCUT2D eigenvalue weighted by Gasteiger charge is 2.45. The van der Waals surface area contributed by atoms with E-state index in [1.807, 2.05) is 38.1 Å². The molecule has 0 bridgehead atoms. The van der Waals surface area contributed by atoms with E-state index >= 15 is 0 Å². The number of nitrogens with one attached hydrogen (secondary N) is 1. The van der Waals surface area contributed by atoms with Crippen molar-refractivity contribution in [3.63, 3.8) is 0 Å². The van der Waals surface area contributed by atoms with E-state index in [0.29, 0.717) is 48.6 Å². The maximum absolute atomic E-state index is 13.6. The SMILES string of the molecule is CCCNc1ccc(-c2cc([C@@H]3C[C@H]3C(=O)O)ccc2CC)c(CN2C(=O)O[C@H](c3cc(C(F)(F)F)cc(C(F)(F)F)c3)[C@@H]2C)n1. The van der Waals surface area contributed by atoms with Gasteiger partial charge in [0.15, 0.2) is 0 Å². The second-order valence-electron chi connectivity index (χ2n) is 11.7. The lowest BCUT2D eigenvalue weighted by atomic mass is 9.92. The number of benzene rings is 2. The third-order valence-electron chi connectivity index (χ3n) is 8.52. The molecule has 1 amide bonds. The number of aromatic nitrogens is 1. The minimum Gasteiger partial charge on any atom is -0.481 e. The number of aliphatic carboxylic acids is 1. The molecule has 0 unspecified atom stereocenters. The number of carboxylic acid groups (broad SMARTS) is 1. The van der Waals surface area contributed by atoms with Crippen LogP contribution >= 0.6 is 0 Å². The Morgan fingerprint density at radius 3 is 2.22 bits per heavy atom. The minimum absolute atomic E-state index is 0.0352. The molecule has 3 aromatic rings. The van der Waals surface area contributed by atoms with Crippen molar-refractivity contribution in [2.45, 2.75) is 77.0 Å². The Kier molecular flexibility index (Phi) is 8.98. The molecule has 1 aromatic heterocycles. The predicted octanol–water partition coefficient (Wildman–Crippen LogP) is 8.44. The van der Waals surface area contributed by atoms with Gasteiger partial charge in [-0.1, -0.05) is 32.0 Å². The number of hydrogen-bond donors (Lipinski definition) is 2. The molecule has 13 heteroatoms. The van der Waals surface area contributed by atoms with E-state index in [1.54, 1.807) is 6.07 Å². The maximum Gasteiger partial charge on any atom is 0.416 e. The summed E-state index contributed by atoms with van der Waals surface area (Å²) >= 11 is 0. The van der Waals surface area contributed by atoms with Crippen molar-refractivity contribution >= 4 is 17.9 Å². The summed E-state index contributed by atoms with van der Waals surface area (Å²) in [5.41, 5.74) is 0.291. The molecule has 2 heterocycles. The Bertz CT molecular complexity index is 1610. The van der Waals surface area contributed by atoms with Crippen LogP contribution in [0.5, 0.6) is 0 Å². The molecule has 1 saturated heterocycles. The van der Waals surface area contributed by atoms with Gasteiger partial charge < -0.3 is 15.2 Å². The number of rotatable bonds is 10. The molecule has 1 saturated carbocycles. The van der Waals surface area contributed by atoms with Gasteiger partial charge in [0, 0.05) is 12.1 Å². The number of aryl methyl sites for hydroxylation is 1. The van der Waals surface area contributed by atoms with E-state index in [4.69, 9.17) is 9.72 Å². The molecule has 246 valence electrons. The molecule has 5 rings (SSSR count). The summed E-state index contributed by atoms with van der Waals surface area (Å²) in [5, 5.41) is 12.7. The normalized spacial score (nSPS) is 21.3. The molecular weight excluding hydrogens is 616 g/mol. The smallest absolute Gasteiger partial charge is 0.416 e. The van der Waals surface area contributed by atoms with Gasteiger partial charge >= 0.3 is 24.4 Å². The molecule has 2 aliphatic rings. The van der Waals surface area contributed by atoms with Crippen LogP contribution in [0.15, 0.2) is 48.5 Å². The molecule has 2 N–H and O–H groups in total. The van der Waals surface area contributed by atoms with Crippen LogP contribution < -0.4 is 5.32 Å². The summed E-state index contributed by atoms with van der Waals surface area (Å²) < 4.78 is 86.8. The van der Waals surface area contributed by atoms with Crippen molar-refractivity contribution in [2.24, 2.45) is 5.92 Å². The molecule has 4 atom stereocenters.